The van der Waals surface area contributed by atoms with Gasteiger partial charge in [0.15, 0.2) is 0 Å². The third-order valence-corrected chi connectivity index (χ3v) is 5.81. The molecule has 3 unspecified atom stereocenters. The lowest BCUT2D eigenvalue weighted by molar-refractivity contribution is -0.161. The van der Waals surface area contributed by atoms with E-state index in [0.717, 1.165) is 45.5 Å². The molecule has 1 amide bonds. The molecule has 6 nitrogen and oxygen atoms in total. The maximum Gasteiger partial charge on any atom is 0.410 e. The van der Waals surface area contributed by atoms with Crippen LogP contribution < -0.4 is 0 Å². The summed E-state index contributed by atoms with van der Waals surface area (Å²) in [6.45, 7) is 9.04. The Morgan fingerprint density at radius 3 is 2.60 bits per heavy atom. The molecule has 144 valence electrons. The molecule has 3 heterocycles. The van der Waals surface area contributed by atoms with E-state index in [1.54, 1.807) is 4.90 Å². The van der Waals surface area contributed by atoms with E-state index in [0.29, 0.717) is 25.4 Å². The minimum absolute atomic E-state index is 0.0882. The number of nitrogens with zero attached hydrogens (tertiary/aromatic N) is 1. The van der Waals surface area contributed by atoms with E-state index in [1.807, 2.05) is 20.8 Å². The summed E-state index contributed by atoms with van der Waals surface area (Å²) in [5.41, 5.74) is -0.581. The fourth-order valence-electron chi connectivity index (χ4n) is 4.45. The molecule has 1 N–H and O–H groups in total. The van der Waals surface area contributed by atoms with Crippen LogP contribution in [0, 0.1) is 11.8 Å². The summed E-state index contributed by atoms with van der Waals surface area (Å²) >= 11 is 0. The Balaban J connectivity index is 1.64. The van der Waals surface area contributed by atoms with Crippen molar-refractivity contribution in [1.82, 2.24) is 4.90 Å². The number of hydrogen-bond acceptors (Lipinski definition) is 5. The summed E-state index contributed by atoms with van der Waals surface area (Å²) in [5, 5.41) is 10.6. The Bertz CT molecular complexity index is 463. The molecule has 3 fully saturated rings. The monoisotopic (exact) mass is 355 g/mol. The molecule has 0 saturated carbocycles. The van der Waals surface area contributed by atoms with Gasteiger partial charge in [-0.3, -0.25) is 0 Å². The van der Waals surface area contributed by atoms with E-state index in [-0.39, 0.29) is 23.7 Å². The molecule has 3 saturated heterocycles. The first-order valence-corrected chi connectivity index (χ1v) is 9.66. The molecule has 0 aromatic heterocycles. The smallest absolute Gasteiger partial charge is 0.410 e. The number of aliphatic hydroxyl groups is 1. The lowest BCUT2D eigenvalue weighted by Gasteiger charge is -2.48. The van der Waals surface area contributed by atoms with Crippen LogP contribution in [0.2, 0.25) is 0 Å². The Morgan fingerprint density at radius 1 is 1.20 bits per heavy atom. The Kier molecular flexibility index (Phi) is 5.61. The van der Waals surface area contributed by atoms with Crippen molar-refractivity contribution in [1.29, 1.82) is 0 Å². The SMILES string of the molecule is CC(C)(C)OC(=O)N1CCC(O)C(C2CCOC3(CCOCC3)C2)C1. The van der Waals surface area contributed by atoms with Gasteiger partial charge in [0.05, 0.1) is 11.7 Å². The number of rotatable bonds is 1. The van der Waals surface area contributed by atoms with Crippen LogP contribution in [0.25, 0.3) is 0 Å². The predicted molar refractivity (Wildman–Crippen MR) is 93.4 cm³/mol. The average Bonchev–Trinajstić information content (AvgIpc) is 2.54. The van der Waals surface area contributed by atoms with Gasteiger partial charge in [-0.05, 0) is 58.8 Å². The van der Waals surface area contributed by atoms with Crippen molar-refractivity contribution in [2.24, 2.45) is 11.8 Å². The number of ether oxygens (including phenoxy) is 3. The van der Waals surface area contributed by atoms with Crippen LogP contribution >= 0.6 is 0 Å². The summed E-state index contributed by atoms with van der Waals surface area (Å²) in [5.74, 6) is 0.483. The lowest BCUT2D eigenvalue weighted by atomic mass is 9.72. The van der Waals surface area contributed by atoms with Gasteiger partial charge in [0.1, 0.15) is 5.60 Å². The van der Waals surface area contributed by atoms with E-state index in [2.05, 4.69) is 0 Å². The quantitative estimate of drug-likeness (QED) is 0.783. The van der Waals surface area contributed by atoms with Gasteiger partial charge in [0.25, 0.3) is 0 Å². The molecule has 3 atom stereocenters. The molecular weight excluding hydrogens is 322 g/mol. The highest BCUT2D eigenvalue weighted by atomic mass is 16.6. The van der Waals surface area contributed by atoms with Crippen LogP contribution in [0.5, 0.6) is 0 Å². The summed E-state index contributed by atoms with van der Waals surface area (Å²) in [6, 6.07) is 0. The number of carbonyl (C=O) groups excluding carboxylic acids is 1. The average molecular weight is 355 g/mol. The molecule has 0 radical (unpaired) electrons. The fourth-order valence-corrected chi connectivity index (χ4v) is 4.45. The van der Waals surface area contributed by atoms with Crippen molar-refractivity contribution in [3.8, 4) is 0 Å². The number of likely N-dealkylation sites (tertiary alicyclic amines) is 1. The topological polar surface area (TPSA) is 68.2 Å². The van der Waals surface area contributed by atoms with Gasteiger partial charge >= 0.3 is 6.09 Å². The molecule has 6 heteroatoms. The minimum atomic E-state index is -0.493. The normalized spacial score (nSPS) is 33.3. The first kappa shape index (κ1) is 18.9. The van der Waals surface area contributed by atoms with E-state index < -0.39 is 5.60 Å². The van der Waals surface area contributed by atoms with Crippen molar-refractivity contribution < 1.29 is 24.1 Å². The van der Waals surface area contributed by atoms with Crippen molar-refractivity contribution in [2.45, 2.75) is 70.2 Å². The van der Waals surface area contributed by atoms with Crippen molar-refractivity contribution in [3.63, 3.8) is 0 Å². The number of amides is 1. The van der Waals surface area contributed by atoms with Gasteiger partial charge in [0, 0.05) is 38.8 Å². The van der Waals surface area contributed by atoms with Gasteiger partial charge in [-0.2, -0.15) is 0 Å². The first-order valence-electron chi connectivity index (χ1n) is 9.66. The summed E-state index contributed by atoms with van der Waals surface area (Å²) < 4.78 is 17.2. The van der Waals surface area contributed by atoms with Crippen LogP contribution in [0.3, 0.4) is 0 Å². The standard InChI is InChI=1S/C19H33NO5/c1-18(2,3)25-17(22)20-8-4-16(21)15(13-20)14-5-9-24-19(12-14)6-10-23-11-7-19/h14-16,21H,4-13H2,1-3H3. The Labute approximate surface area is 150 Å². The van der Waals surface area contributed by atoms with E-state index in [9.17, 15) is 9.90 Å². The van der Waals surface area contributed by atoms with E-state index in [1.165, 1.54) is 0 Å². The van der Waals surface area contributed by atoms with Crippen LogP contribution in [-0.2, 0) is 14.2 Å². The molecule has 0 aromatic rings. The number of carbonyl (C=O) groups is 1. The third kappa shape index (κ3) is 4.66. The number of hydrogen-bond donors (Lipinski definition) is 1. The molecular formula is C19H33NO5. The fraction of sp³-hybridized carbons (Fsp3) is 0.947. The molecule has 3 aliphatic rings. The third-order valence-electron chi connectivity index (χ3n) is 5.81. The predicted octanol–water partition coefficient (Wildman–Crippen LogP) is 2.58. The van der Waals surface area contributed by atoms with Crippen molar-refractivity contribution >= 4 is 6.09 Å². The van der Waals surface area contributed by atoms with Crippen molar-refractivity contribution in [2.75, 3.05) is 32.9 Å². The van der Waals surface area contributed by atoms with Gasteiger partial charge < -0.3 is 24.2 Å². The molecule has 25 heavy (non-hydrogen) atoms. The second-order valence-corrected chi connectivity index (χ2v) is 8.84. The van der Waals surface area contributed by atoms with Gasteiger partial charge in [-0.15, -0.1) is 0 Å². The van der Waals surface area contributed by atoms with Crippen LogP contribution in [0.1, 0.15) is 52.9 Å². The summed E-state index contributed by atoms with van der Waals surface area (Å²) in [7, 11) is 0. The zero-order valence-corrected chi connectivity index (χ0v) is 15.8. The lowest BCUT2D eigenvalue weighted by Crippen LogP contribution is -2.53. The maximum atomic E-state index is 12.4. The van der Waals surface area contributed by atoms with E-state index >= 15 is 0 Å². The Morgan fingerprint density at radius 2 is 1.92 bits per heavy atom. The van der Waals surface area contributed by atoms with Gasteiger partial charge in [-0.25, -0.2) is 4.79 Å². The molecule has 3 rings (SSSR count). The molecule has 0 aromatic carbocycles. The highest BCUT2D eigenvalue weighted by Gasteiger charge is 2.44. The van der Waals surface area contributed by atoms with Crippen LogP contribution in [-0.4, -0.2) is 66.3 Å². The highest BCUT2D eigenvalue weighted by Crippen LogP contribution is 2.42. The van der Waals surface area contributed by atoms with Crippen LogP contribution in [0.4, 0.5) is 4.79 Å². The van der Waals surface area contributed by atoms with Gasteiger partial charge in [0.2, 0.25) is 0 Å². The number of piperidine rings is 1. The molecule has 1 spiro atoms. The van der Waals surface area contributed by atoms with E-state index in [4.69, 9.17) is 14.2 Å². The van der Waals surface area contributed by atoms with Gasteiger partial charge in [-0.1, -0.05) is 0 Å². The zero-order valence-electron chi connectivity index (χ0n) is 15.8. The summed E-state index contributed by atoms with van der Waals surface area (Å²) in [4.78, 5) is 14.2. The largest absolute Gasteiger partial charge is 0.444 e. The summed E-state index contributed by atoms with van der Waals surface area (Å²) in [6.07, 6.45) is 3.78. The Hall–Kier alpha value is -0.850. The minimum Gasteiger partial charge on any atom is -0.444 e. The molecule has 3 aliphatic heterocycles. The number of aliphatic hydroxyl groups excluding tert-OH is 1. The maximum absolute atomic E-state index is 12.4. The second kappa shape index (κ2) is 7.41. The zero-order chi connectivity index (χ0) is 18.1. The van der Waals surface area contributed by atoms with Crippen LogP contribution in [0.15, 0.2) is 0 Å². The molecule has 0 bridgehead atoms. The molecule has 0 aliphatic carbocycles. The van der Waals surface area contributed by atoms with Crippen molar-refractivity contribution in [3.05, 3.63) is 0 Å². The first-order chi connectivity index (χ1) is 11.8. The second-order valence-electron chi connectivity index (χ2n) is 8.84. The highest BCUT2D eigenvalue weighted by molar-refractivity contribution is 5.68.